The summed E-state index contributed by atoms with van der Waals surface area (Å²) < 4.78 is 68.3. The first-order chi connectivity index (χ1) is 14.1. The molecular weight excluding hydrogens is 421 g/mol. The number of nitrogens with one attached hydrogen (secondary N) is 2. The predicted octanol–water partition coefficient (Wildman–Crippen LogP) is 5.20. The smallest absolute Gasteiger partial charge is 0.416 e. The lowest BCUT2D eigenvalue weighted by atomic mass is 10.1. The molecule has 0 atom stereocenters. The van der Waals surface area contributed by atoms with Crippen molar-refractivity contribution in [2.75, 3.05) is 19.5 Å². The topological polar surface area (TPSA) is 84.5 Å². The minimum absolute atomic E-state index is 0.0799. The van der Waals surface area contributed by atoms with Gasteiger partial charge in [0.2, 0.25) is 10.0 Å². The van der Waals surface area contributed by atoms with E-state index in [1.165, 1.54) is 31.3 Å². The molecule has 0 heterocycles. The van der Waals surface area contributed by atoms with Crippen molar-refractivity contribution < 1.29 is 31.1 Å². The van der Waals surface area contributed by atoms with Crippen molar-refractivity contribution in [1.82, 2.24) is 4.72 Å². The third kappa shape index (κ3) is 7.34. The zero-order chi connectivity index (χ0) is 23.5. The van der Waals surface area contributed by atoms with E-state index in [1.54, 1.807) is 0 Å². The van der Waals surface area contributed by atoms with Crippen molar-refractivity contribution in [2.24, 2.45) is 0 Å². The molecule has 0 aliphatic rings. The molecule has 30 heavy (non-hydrogen) atoms. The van der Waals surface area contributed by atoms with E-state index in [9.17, 15) is 26.4 Å². The number of methoxy groups -OCH3 is 1. The molecule has 0 fully saturated rings. The number of carbonyl (C=O) groups excluding carboxylic acids is 1. The number of sulfonamides is 1. The van der Waals surface area contributed by atoms with Crippen molar-refractivity contribution in [3.63, 3.8) is 0 Å². The average molecular weight is 449 g/mol. The van der Waals surface area contributed by atoms with Gasteiger partial charge in [-0.15, -0.1) is 0 Å². The molecule has 0 aromatic heterocycles. The van der Waals surface area contributed by atoms with Crippen LogP contribution in [0.15, 0.2) is 47.4 Å². The predicted molar refractivity (Wildman–Crippen MR) is 111 cm³/mol. The number of hydrogen-bond acceptors (Lipinski definition) is 5. The summed E-state index contributed by atoms with van der Waals surface area (Å²) in [5.41, 5.74) is -0.422. The van der Waals surface area contributed by atoms with Crippen molar-refractivity contribution >= 4 is 27.4 Å². The number of alkyl halides is 3. The fourth-order valence-electron chi connectivity index (χ4n) is 2.09. The number of benzene rings is 2. The van der Waals surface area contributed by atoms with Crippen LogP contribution in [0.2, 0.25) is 0 Å². The zero-order valence-corrected chi connectivity index (χ0v) is 18.5. The van der Waals surface area contributed by atoms with E-state index < -0.39 is 27.7 Å². The van der Waals surface area contributed by atoms with Gasteiger partial charge < -0.3 is 10.1 Å². The van der Waals surface area contributed by atoms with Gasteiger partial charge in [0.25, 0.3) is 0 Å². The summed E-state index contributed by atoms with van der Waals surface area (Å²) in [6.45, 7) is 8.00. The van der Waals surface area contributed by atoms with Gasteiger partial charge in [-0.1, -0.05) is 27.7 Å². The molecule has 6 nitrogen and oxygen atoms in total. The number of anilines is 2. The highest BCUT2D eigenvalue weighted by atomic mass is 32.2. The van der Waals surface area contributed by atoms with Gasteiger partial charge in [-0.25, -0.2) is 17.9 Å². The molecule has 2 aromatic rings. The van der Waals surface area contributed by atoms with E-state index in [2.05, 4.69) is 14.8 Å². The Bertz CT molecular complexity index is 913. The van der Waals surface area contributed by atoms with Crippen LogP contribution in [0.5, 0.6) is 0 Å². The Morgan fingerprint density at radius 2 is 1.50 bits per heavy atom. The highest BCUT2D eigenvalue weighted by Crippen LogP contribution is 2.31. The van der Waals surface area contributed by atoms with Gasteiger partial charge >= 0.3 is 12.1 Å². The molecule has 0 amide bonds. The van der Waals surface area contributed by atoms with E-state index in [4.69, 9.17) is 0 Å². The number of halogens is 3. The summed E-state index contributed by atoms with van der Waals surface area (Å²) in [7, 11) is -1.43. The number of hydrogen-bond donors (Lipinski definition) is 2. The Kier molecular flexibility index (Phi) is 11.1. The highest BCUT2D eigenvalue weighted by Gasteiger charge is 2.30. The van der Waals surface area contributed by atoms with Crippen LogP contribution in [0, 0.1) is 0 Å². The number of carbonyl (C=O) groups is 1. The van der Waals surface area contributed by atoms with Crippen LogP contribution in [-0.2, 0) is 20.9 Å². The van der Waals surface area contributed by atoms with Crippen LogP contribution in [-0.4, -0.2) is 28.5 Å². The Balaban J connectivity index is 0.00000198. The van der Waals surface area contributed by atoms with E-state index in [1.807, 2.05) is 27.7 Å². The fourth-order valence-corrected chi connectivity index (χ4v) is 2.85. The Morgan fingerprint density at radius 3 is 1.93 bits per heavy atom. The molecule has 0 bridgehead atoms. The molecule has 2 N–H and O–H groups in total. The number of rotatable bonds is 5. The van der Waals surface area contributed by atoms with Crippen molar-refractivity contribution in [2.45, 2.75) is 38.8 Å². The van der Waals surface area contributed by atoms with Gasteiger partial charge in [0, 0.05) is 5.69 Å². The fraction of sp³-hybridized carbons (Fsp3) is 0.350. The monoisotopic (exact) mass is 448 g/mol. The van der Waals surface area contributed by atoms with E-state index >= 15 is 0 Å². The summed E-state index contributed by atoms with van der Waals surface area (Å²) in [6.07, 6.45) is -4.46. The van der Waals surface area contributed by atoms with Crippen LogP contribution in [0.4, 0.5) is 24.5 Å². The van der Waals surface area contributed by atoms with Gasteiger partial charge in [-0.2, -0.15) is 13.2 Å². The summed E-state index contributed by atoms with van der Waals surface area (Å²) in [5, 5.41) is 2.78. The van der Waals surface area contributed by atoms with Gasteiger partial charge in [0.05, 0.1) is 28.8 Å². The van der Waals surface area contributed by atoms with Gasteiger partial charge in [-0.3, -0.25) is 0 Å². The van der Waals surface area contributed by atoms with Crippen molar-refractivity contribution in [1.29, 1.82) is 0 Å². The first-order valence-corrected chi connectivity index (χ1v) is 10.7. The molecule has 0 unspecified atom stereocenters. The first-order valence-electron chi connectivity index (χ1n) is 9.18. The lowest BCUT2D eigenvalue weighted by molar-refractivity contribution is -0.137. The van der Waals surface area contributed by atoms with Crippen molar-refractivity contribution in [3.8, 4) is 0 Å². The molecule has 2 aromatic carbocycles. The van der Waals surface area contributed by atoms with Crippen LogP contribution >= 0.6 is 0 Å². The standard InChI is InChI=1S/C16H15F3N2O4S.2C2H6/c1-20-26(23,24)12-7-8-14(13(9-12)15(22)25-2)21-11-5-3-10(4-6-11)16(17,18)19;2*1-2/h3-9,20-21H,1-2H3;2*1-2H3. The largest absolute Gasteiger partial charge is 0.465 e. The molecule has 2 rings (SSSR count). The maximum atomic E-state index is 12.6. The second kappa shape index (κ2) is 12.2. The number of ether oxygens (including phenoxy) is 1. The molecular formula is C20H27F3N2O4S. The summed E-state index contributed by atoms with van der Waals surface area (Å²) in [4.78, 5) is 11.8. The molecule has 0 radical (unpaired) electrons. The molecule has 0 saturated carbocycles. The van der Waals surface area contributed by atoms with E-state index in [0.29, 0.717) is 0 Å². The zero-order valence-electron chi connectivity index (χ0n) is 17.7. The SMILES string of the molecule is CC.CC.CNS(=O)(=O)c1ccc(Nc2ccc(C(F)(F)F)cc2)c(C(=O)OC)c1. The Hall–Kier alpha value is -2.59. The average Bonchev–Trinajstić information content (AvgIpc) is 2.76. The lowest BCUT2D eigenvalue weighted by Gasteiger charge is -2.13. The van der Waals surface area contributed by atoms with Gasteiger partial charge in [0.1, 0.15) is 0 Å². The minimum Gasteiger partial charge on any atom is -0.465 e. The molecule has 0 saturated heterocycles. The second-order valence-corrected chi connectivity index (χ2v) is 6.99. The van der Waals surface area contributed by atoms with Crippen LogP contribution in [0.25, 0.3) is 0 Å². The molecule has 0 spiro atoms. The summed E-state index contributed by atoms with van der Waals surface area (Å²) in [6, 6.07) is 7.87. The van der Waals surface area contributed by atoms with Crippen LogP contribution in [0.1, 0.15) is 43.6 Å². The van der Waals surface area contributed by atoms with Crippen molar-refractivity contribution in [3.05, 3.63) is 53.6 Å². The lowest BCUT2D eigenvalue weighted by Crippen LogP contribution is -2.19. The third-order valence-corrected chi connectivity index (χ3v) is 4.88. The summed E-state index contributed by atoms with van der Waals surface area (Å²) in [5.74, 6) is -0.799. The van der Waals surface area contributed by atoms with Crippen LogP contribution in [0.3, 0.4) is 0 Å². The third-order valence-electron chi connectivity index (χ3n) is 3.47. The van der Waals surface area contributed by atoms with E-state index in [-0.39, 0.29) is 21.8 Å². The molecule has 0 aliphatic carbocycles. The first kappa shape index (κ1) is 27.4. The summed E-state index contributed by atoms with van der Waals surface area (Å²) >= 11 is 0. The molecule has 10 heteroatoms. The van der Waals surface area contributed by atoms with E-state index in [0.717, 1.165) is 25.3 Å². The minimum atomic E-state index is -4.46. The second-order valence-electron chi connectivity index (χ2n) is 5.11. The van der Waals surface area contributed by atoms with Gasteiger partial charge in [-0.05, 0) is 49.5 Å². The van der Waals surface area contributed by atoms with Gasteiger partial charge in [0.15, 0.2) is 0 Å². The maximum Gasteiger partial charge on any atom is 0.416 e. The quantitative estimate of drug-likeness (QED) is 0.615. The molecule has 168 valence electrons. The highest BCUT2D eigenvalue weighted by molar-refractivity contribution is 7.89. The normalized spacial score (nSPS) is 10.7. The Morgan fingerprint density at radius 1 is 0.967 bits per heavy atom. The maximum absolute atomic E-state index is 12.6. The van der Waals surface area contributed by atoms with Crippen LogP contribution < -0.4 is 10.0 Å². The molecule has 0 aliphatic heterocycles. The Labute approximate surface area is 175 Å². The number of esters is 1.